The van der Waals surface area contributed by atoms with Gasteiger partial charge in [0, 0.05) is 25.6 Å². The molecule has 0 radical (unpaired) electrons. The van der Waals surface area contributed by atoms with Crippen LogP contribution in [-0.4, -0.2) is 44.8 Å². The van der Waals surface area contributed by atoms with Crippen molar-refractivity contribution in [3.63, 3.8) is 0 Å². The van der Waals surface area contributed by atoms with Crippen molar-refractivity contribution in [3.05, 3.63) is 11.9 Å². The Morgan fingerprint density at radius 2 is 1.95 bits per heavy atom. The maximum absolute atomic E-state index is 11.3. The van der Waals surface area contributed by atoms with Gasteiger partial charge < -0.3 is 10.6 Å². The topological polar surface area (TPSA) is 96.0 Å². The smallest absolute Gasteiger partial charge is 0.213 e. The molecule has 1 aliphatic rings. The Morgan fingerprint density at radius 1 is 1.26 bits per heavy atom. The highest BCUT2D eigenvalue weighted by atomic mass is 32.2. The van der Waals surface area contributed by atoms with Crippen LogP contribution in [0.15, 0.2) is 6.07 Å². The molecule has 0 spiro atoms. The molecule has 1 heterocycles. The molecule has 0 saturated heterocycles. The lowest BCUT2D eigenvalue weighted by Gasteiger charge is -2.09. The molecule has 7 nitrogen and oxygen atoms in total. The van der Waals surface area contributed by atoms with Crippen LogP contribution >= 0.6 is 0 Å². The molecule has 1 aromatic heterocycles. The monoisotopic (exact) mass is 285 g/mol. The number of hydrogen-bond acceptors (Lipinski definition) is 6. The van der Waals surface area contributed by atoms with E-state index in [1.54, 1.807) is 13.1 Å². The number of rotatable bonds is 7. The largest absolute Gasteiger partial charge is 0.373 e. The second kappa shape index (κ2) is 5.70. The summed E-state index contributed by atoms with van der Waals surface area (Å²) in [5.74, 6) is 2.70. The first-order valence-corrected chi connectivity index (χ1v) is 7.91. The summed E-state index contributed by atoms with van der Waals surface area (Å²) in [6.45, 7) is 0.313. The molecule has 8 heteroatoms. The Labute approximate surface area is 113 Å². The molecule has 0 amide bonds. The molecule has 1 aromatic rings. The van der Waals surface area contributed by atoms with Gasteiger partial charge in [-0.2, -0.15) is 0 Å². The highest BCUT2D eigenvalue weighted by Gasteiger charge is 2.27. The van der Waals surface area contributed by atoms with Gasteiger partial charge in [-0.25, -0.2) is 23.1 Å². The molecular formula is C11H19N5O2S. The zero-order chi connectivity index (χ0) is 13.9. The number of nitrogens with one attached hydrogen (secondary N) is 3. The summed E-state index contributed by atoms with van der Waals surface area (Å²) < 4.78 is 24.9. The third-order valence-corrected chi connectivity index (χ3v) is 4.29. The van der Waals surface area contributed by atoms with E-state index in [2.05, 4.69) is 25.3 Å². The Balaban J connectivity index is 2.01. The van der Waals surface area contributed by atoms with Gasteiger partial charge >= 0.3 is 0 Å². The first kappa shape index (κ1) is 14.0. The Morgan fingerprint density at radius 3 is 2.53 bits per heavy atom. The van der Waals surface area contributed by atoms with Crippen molar-refractivity contribution >= 4 is 21.7 Å². The fraction of sp³-hybridized carbons (Fsp3) is 0.636. The van der Waals surface area contributed by atoms with E-state index in [4.69, 9.17) is 0 Å². The summed E-state index contributed by atoms with van der Waals surface area (Å²) in [6, 6.07) is 1.78. The lowest BCUT2D eigenvalue weighted by Crippen LogP contribution is -2.26. The van der Waals surface area contributed by atoms with E-state index < -0.39 is 10.0 Å². The van der Waals surface area contributed by atoms with Crippen LogP contribution in [0.3, 0.4) is 0 Å². The third-order valence-electron chi connectivity index (χ3n) is 2.93. The summed E-state index contributed by atoms with van der Waals surface area (Å²) >= 11 is 0. The van der Waals surface area contributed by atoms with Gasteiger partial charge in [0.05, 0.1) is 5.75 Å². The second-order valence-corrected chi connectivity index (χ2v) is 6.52. The maximum atomic E-state index is 11.3. The number of hydrogen-bond donors (Lipinski definition) is 3. The molecule has 1 saturated carbocycles. The van der Waals surface area contributed by atoms with E-state index in [0.29, 0.717) is 18.3 Å². The van der Waals surface area contributed by atoms with E-state index in [-0.39, 0.29) is 5.75 Å². The molecule has 19 heavy (non-hydrogen) atoms. The Bertz CT molecular complexity index is 542. The van der Waals surface area contributed by atoms with E-state index in [1.807, 2.05) is 0 Å². The van der Waals surface area contributed by atoms with Crippen molar-refractivity contribution in [1.82, 2.24) is 14.7 Å². The molecule has 106 valence electrons. The van der Waals surface area contributed by atoms with Crippen LogP contribution in [0.5, 0.6) is 0 Å². The number of sulfonamides is 1. The van der Waals surface area contributed by atoms with Crippen molar-refractivity contribution in [1.29, 1.82) is 0 Å². The Kier molecular flexibility index (Phi) is 4.20. The maximum Gasteiger partial charge on any atom is 0.213 e. The highest BCUT2D eigenvalue weighted by Crippen LogP contribution is 2.38. The van der Waals surface area contributed by atoms with Crippen molar-refractivity contribution in [3.8, 4) is 0 Å². The second-order valence-electron chi connectivity index (χ2n) is 4.47. The van der Waals surface area contributed by atoms with Crippen LogP contribution < -0.4 is 15.4 Å². The number of aromatic nitrogens is 2. The molecule has 2 rings (SSSR count). The van der Waals surface area contributed by atoms with Crippen molar-refractivity contribution in [2.24, 2.45) is 0 Å². The predicted octanol–water partition coefficient (Wildman–Crippen LogP) is 0.357. The van der Waals surface area contributed by atoms with Crippen LogP contribution in [0.2, 0.25) is 0 Å². The molecule has 0 unspecified atom stereocenters. The lowest BCUT2D eigenvalue weighted by molar-refractivity contribution is 0.588. The van der Waals surface area contributed by atoms with Crippen LogP contribution in [0.4, 0.5) is 11.6 Å². The molecule has 1 fully saturated rings. The summed E-state index contributed by atoms with van der Waals surface area (Å²) in [5, 5.41) is 6.01. The molecular weight excluding hydrogens is 266 g/mol. The normalized spacial score (nSPS) is 15.3. The van der Waals surface area contributed by atoms with E-state index in [0.717, 1.165) is 24.5 Å². The van der Waals surface area contributed by atoms with Gasteiger partial charge in [0.15, 0.2) is 0 Å². The number of nitrogens with zero attached hydrogens (tertiary/aromatic N) is 2. The van der Waals surface area contributed by atoms with E-state index >= 15 is 0 Å². The SMILES string of the molecule is CNc1cc(NCCS(=O)(=O)NC)nc(C2CC2)n1. The van der Waals surface area contributed by atoms with Gasteiger partial charge in [-0.1, -0.05) is 0 Å². The minimum Gasteiger partial charge on any atom is -0.373 e. The summed E-state index contributed by atoms with van der Waals surface area (Å²) in [6.07, 6.45) is 2.25. The predicted molar refractivity (Wildman–Crippen MR) is 74.9 cm³/mol. The fourth-order valence-corrected chi connectivity index (χ4v) is 2.20. The van der Waals surface area contributed by atoms with Gasteiger partial charge in [0.25, 0.3) is 0 Å². The minimum atomic E-state index is -3.19. The molecule has 0 bridgehead atoms. The molecule has 1 aliphatic carbocycles. The van der Waals surface area contributed by atoms with Gasteiger partial charge in [0.2, 0.25) is 10.0 Å². The van der Waals surface area contributed by atoms with Gasteiger partial charge in [0.1, 0.15) is 17.5 Å². The zero-order valence-corrected chi connectivity index (χ0v) is 11.9. The van der Waals surface area contributed by atoms with Crippen LogP contribution in [0, 0.1) is 0 Å². The van der Waals surface area contributed by atoms with Crippen molar-refractivity contribution in [2.75, 3.05) is 37.0 Å². The van der Waals surface area contributed by atoms with Gasteiger partial charge in [-0.3, -0.25) is 0 Å². The van der Waals surface area contributed by atoms with Crippen molar-refractivity contribution in [2.45, 2.75) is 18.8 Å². The van der Waals surface area contributed by atoms with Gasteiger partial charge in [-0.05, 0) is 19.9 Å². The first-order valence-electron chi connectivity index (χ1n) is 6.26. The zero-order valence-electron chi connectivity index (χ0n) is 11.1. The average Bonchev–Trinajstić information content (AvgIpc) is 3.22. The minimum absolute atomic E-state index is 0.0150. The molecule has 0 aliphatic heterocycles. The molecule has 3 N–H and O–H groups in total. The standard InChI is InChI=1S/C11H19N5O2S/c1-12-9-7-10(14-5-6-19(17,18)13-2)16-11(15-9)8-3-4-8/h7-8,13H,3-6H2,1-2H3,(H2,12,14,15,16). The Hall–Kier alpha value is -1.41. The summed E-state index contributed by atoms with van der Waals surface area (Å²) in [4.78, 5) is 8.81. The van der Waals surface area contributed by atoms with Crippen LogP contribution in [0.1, 0.15) is 24.6 Å². The quantitative estimate of drug-likeness (QED) is 0.669. The van der Waals surface area contributed by atoms with Crippen LogP contribution in [0.25, 0.3) is 0 Å². The highest BCUT2D eigenvalue weighted by molar-refractivity contribution is 7.89. The molecule has 0 atom stereocenters. The van der Waals surface area contributed by atoms with Gasteiger partial charge in [-0.15, -0.1) is 0 Å². The van der Waals surface area contributed by atoms with E-state index in [9.17, 15) is 8.42 Å². The molecule has 0 aromatic carbocycles. The van der Waals surface area contributed by atoms with Crippen molar-refractivity contribution < 1.29 is 8.42 Å². The fourth-order valence-electron chi connectivity index (χ4n) is 1.62. The third kappa shape index (κ3) is 4.03. The van der Waals surface area contributed by atoms with E-state index in [1.165, 1.54) is 7.05 Å². The summed E-state index contributed by atoms with van der Waals surface area (Å²) in [7, 11) is 0.0160. The first-order chi connectivity index (χ1) is 9.04. The summed E-state index contributed by atoms with van der Waals surface area (Å²) in [5.41, 5.74) is 0. The average molecular weight is 285 g/mol. The number of anilines is 2. The lowest BCUT2D eigenvalue weighted by atomic mass is 10.3. The van der Waals surface area contributed by atoms with Crippen LogP contribution in [-0.2, 0) is 10.0 Å².